The predicted molar refractivity (Wildman–Crippen MR) is 50.4 cm³/mol. The lowest BCUT2D eigenvalue weighted by atomic mass is 10.1. The second kappa shape index (κ2) is 3.26. The van der Waals surface area contributed by atoms with Gasteiger partial charge in [0.05, 0.1) is 0 Å². The van der Waals surface area contributed by atoms with Crippen molar-refractivity contribution in [3.63, 3.8) is 0 Å². The summed E-state index contributed by atoms with van der Waals surface area (Å²) in [5.41, 5.74) is -2.55. The van der Waals surface area contributed by atoms with Gasteiger partial charge in [0.15, 0.2) is 5.56 Å². The van der Waals surface area contributed by atoms with E-state index < -0.39 is 23.0 Å². The molecule has 1 aliphatic carbocycles. The quantitative estimate of drug-likeness (QED) is 0.808. The highest BCUT2D eigenvalue weighted by Crippen LogP contribution is 2.38. The van der Waals surface area contributed by atoms with Crippen LogP contribution in [0.1, 0.15) is 30.0 Å². The molecule has 0 bridgehead atoms. The van der Waals surface area contributed by atoms with E-state index in [1.54, 1.807) is 0 Å². The Bertz CT molecular complexity index is 486. The summed E-state index contributed by atoms with van der Waals surface area (Å²) in [4.78, 5) is 11.6. The van der Waals surface area contributed by atoms with Gasteiger partial charge >= 0.3 is 6.18 Å². The van der Waals surface area contributed by atoms with Crippen molar-refractivity contribution in [2.45, 2.75) is 32.0 Å². The van der Waals surface area contributed by atoms with Gasteiger partial charge in [-0.2, -0.15) is 13.2 Å². The number of aryl methyl sites for hydroxylation is 1. The van der Waals surface area contributed by atoms with Crippen molar-refractivity contribution in [3.8, 4) is 5.75 Å². The van der Waals surface area contributed by atoms with Crippen molar-refractivity contribution < 1.29 is 18.3 Å². The van der Waals surface area contributed by atoms with Crippen molar-refractivity contribution in [2.75, 3.05) is 0 Å². The molecular formula is C10H10F3NO2. The third-order valence-corrected chi connectivity index (χ3v) is 2.62. The fourth-order valence-corrected chi connectivity index (χ4v) is 1.64. The second-order valence-electron chi connectivity index (χ2n) is 3.98. The predicted octanol–water partition coefficient (Wildman–Crippen LogP) is 2.22. The highest BCUT2D eigenvalue weighted by molar-refractivity contribution is 5.39. The van der Waals surface area contributed by atoms with Crippen molar-refractivity contribution in [3.05, 3.63) is 27.7 Å². The van der Waals surface area contributed by atoms with Crippen LogP contribution in [0.2, 0.25) is 0 Å². The zero-order chi connectivity index (χ0) is 12.1. The maximum atomic E-state index is 12.6. The SMILES string of the molecule is Cc1cn(C2CC2)c(=O)c(C(F)(F)F)c1O. The number of hydrogen-bond donors (Lipinski definition) is 1. The third kappa shape index (κ3) is 1.68. The summed E-state index contributed by atoms with van der Waals surface area (Å²) in [6.45, 7) is 1.35. The Hall–Kier alpha value is -1.46. The van der Waals surface area contributed by atoms with Crippen molar-refractivity contribution in [1.82, 2.24) is 4.57 Å². The highest BCUT2D eigenvalue weighted by atomic mass is 19.4. The van der Waals surface area contributed by atoms with Gasteiger partial charge in [0.2, 0.25) is 0 Å². The molecule has 0 radical (unpaired) electrons. The fourth-order valence-electron chi connectivity index (χ4n) is 1.64. The Morgan fingerprint density at radius 1 is 1.44 bits per heavy atom. The molecule has 0 amide bonds. The van der Waals surface area contributed by atoms with Gasteiger partial charge < -0.3 is 9.67 Å². The lowest BCUT2D eigenvalue weighted by molar-refractivity contribution is -0.140. The molecule has 16 heavy (non-hydrogen) atoms. The van der Waals surface area contributed by atoms with E-state index >= 15 is 0 Å². The number of rotatable bonds is 1. The Morgan fingerprint density at radius 2 is 2.00 bits per heavy atom. The molecule has 0 atom stereocenters. The Balaban J connectivity index is 2.71. The lowest BCUT2D eigenvalue weighted by Gasteiger charge is -2.13. The summed E-state index contributed by atoms with van der Waals surface area (Å²) in [6, 6.07) is -0.145. The van der Waals surface area contributed by atoms with Crippen molar-refractivity contribution in [2.24, 2.45) is 0 Å². The maximum absolute atomic E-state index is 12.6. The first-order valence-corrected chi connectivity index (χ1v) is 4.84. The number of hydrogen-bond acceptors (Lipinski definition) is 2. The molecular weight excluding hydrogens is 223 g/mol. The second-order valence-corrected chi connectivity index (χ2v) is 3.98. The Labute approximate surface area is 89.1 Å². The topological polar surface area (TPSA) is 42.2 Å². The molecule has 1 heterocycles. The van der Waals surface area contributed by atoms with Gasteiger partial charge in [-0.15, -0.1) is 0 Å². The number of pyridine rings is 1. The molecule has 2 rings (SSSR count). The maximum Gasteiger partial charge on any atom is 0.425 e. The number of nitrogens with zero attached hydrogens (tertiary/aromatic N) is 1. The highest BCUT2D eigenvalue weighted by Gasteiger charge is 2.40. The van der Waals surface area contributed by atoms with Crippen molar-refractivity contribution in [1.29, 1.82) is 0 Å². The van der Waals surface area contributed by atoms with E-state index in [4.69, 9.17) is 0 Å². The monoisotopic (exact) mass is 233 g/mol. The zero-order valence-electron chi connectivity index (χ0n) is 8.51. The van der Waals surface area contributed by atoms with E-state index in [0.29, 0.717) is 12.8 Å². The molecule has 1 aromatic rings. The normalized spacial score (nSPS) is 16.5. The molecule has 88 valence electrons. The van der Waals surface area contributed by atoms with Gasteiger partial charge in [-0.3, -0.25) is 4.79 Å². The summed E-state index contributed by atoms with van der Waals surface area (Å²) in [5, 5.41) is 9.31. The zero-order valence-corrected chi connectivity index (χ0v) is 8.51. The largest absolute Gasteiger partial charge is 0.507 e. The molecule has 0 unspecified atom stereocenters. The standard InChI is InChI=1S/C10H10F3NO2/c1-5-4-14(6-2-3-6)9(16)7(8(5)15)10(11,12)13/h4,6,15H,2-3H2,1H3. The minimum atomic E-state index is -4.82. The Kier molecular flexibility index (Phi) is 2.25. The molecule has 6 heteroatoms. The van der Waals surface area contributed by atoms with Crippen LogP contribution in [0.15, 0.2) is 11.0 Å². The number of halogens is 3. The van der Waals surface area contributed by atoms with E-state index in [2.05, 4.69) is 0 Å². The lowest BCUT2D eigenvalue weighted by Crippen LogP contribution is -2.28. The molecule has 0 spiro atoms. The van der Waals surface area contributed by atoms with Crippen LogP contribution >= 0.6 is 0 Å². The summed E-state index contributed by atoms with van der Waals surface area (Å²) in [7, 11) is 0. The number of aromatic hydroxyl groups is 1. The summed E-state index contributed by atoms with van der Waals surface area (Å²) >= 11 is 0. The van der Waals surface area contributed by atoms with E-state index in [1.165, 1.54) is 13.1 Å². The van der Waals surface area contributed by atoms with Gasteiger partial charge in [0, 0.05) is 17.8 Å². The molecule has 3 nitrogen and oxygen atoms in total. The van der Waals surface area contributed by atoms with E-state index in [0.717, 1.165) is 4.57 Å². The Morgan fingerprint density at radius 3 is 2.44 bits per heavy atom. The number of aromatic nitrogens is 1. The van der Waals surface area contributed by atoms with Gasteiger partial charge in [-0.05, 0) is 19.8 Å². The molecule has 0 saturated heterocycles. The van der Waals surface area contributed by atoms with Crippen LogP contribution in [0.25, 0.3) is 0 Å². The fraction of sp³-hybridized carbons (Fsp3) is 0.500. The average molecular weight is 233 g/mol. The molecule has 1 fully saturated rings. The summed E-state index contributed by atoms with van der Waals surface area (Å²) < 4.78 is 38.8. The average Bonchev–Trinajstić information content (AvgIpc) is 2.92. The van der Waals surface area contributed by atoms with Gasteiger partial charge in [0.1, 0.15) is 5.75 Å². The van der Waals surface area contributed by atoms with E-state index in [9.17, 15) is 23.1 Å². The van der Waals surface area contributed by atoms with Crippen LogP contribution in [0.3, 0.4) is 0 Å². The van der Waals surface area contributed by atoms with Crippen LogP contribution in [-0.4, -0.2) is 9.67 Å². The first-order valence-electron chi connectivity index (χ1n) is 4.84. The van der Waals surface area contributed by atoms with Gasteiger partial charge in [-0.1, -0.05) is 0 Å². The molecule has 0 aromatic carbocycles. The first-order chi connectivity index (χ1) is 7.32. The van der Waals surface area contributed by atoms with E-state index in [1.807, 2.05) is 0 Å². The smallest absolute Gasteiger partial charge is 0.425 e. The summed E-state index contributed by atoms with van der Waals surface area (Å²) in [6.07, 6.45) is -2.11. The third-order valence-electron chi connectivity index (χ3n) is 2.62. The molecule has 1 N–H and O–H groups in total. The molecule has 0 aliphatic heterocycles. The molecule has 1 aromatic heterocycles. The first kappa shape index (κ1) is 11.0. The van der Waals surface area contributed by atoms with Crippen LogP contribution in [-0.2, 0) is 6.18 Å². The van der Waals surface area contributed by atoms with Crippen LogP contribution < -0.4 is 5.56 Å². The minimum Gasteiger partial charge on any atom is -0.507 e. The van der Waals surface area contributed by atoms with Crippen LogP contribution in [0, 0.1) is 6.92 Å². The van der Waals surface area contributed by atoms with Crippen LogP contribution in [0.4, 0.5) is 13.2 Å². The summed E-state index contributed by atoms with van der Waals surface area (Å²) in [5.74, 6) is -0.964. The van der Waals surface area contributed by atoms with Gasteiger partial charge in [-0.25, -0.2) is 0 Å². The number of alkyl halides is 3. The van der Waals surface area contributed by atoms with Crippen molar-refractivity contribution >= 4 is 0 Å². The van der Waals surface area contributed by atoms with Crippen LogP contribution in [0.5, 0.6) is 5.75 Å². The van der Waals surface area contributed by atoms with E-state index in [-0.39, 0.29) is 11.6 Å². The molecule has 1 saturated carbocycles. The minimum absolute atomic E-state index is 0.0684. The molecule has 1 aliphatic rings. The van der Waals surface area contributed by atoms with Gasteiger partial charge in [0.25, 0.3) is 5.56 Å².